The fraction of sp³-hybridized carbons (Fsp3) is 1.00. The highest BCUT2D eigenvalue weighted by molar-refractivity contribution is 4.54. The maximum absolute atomic E-state index is 2.37. The topological polar surface area (TPSA) is 0 Å². The number of unbranched alkanes of at least 4 members (excludes halogenated alkanes) is 27. The molecule has 0 aliphatic heterocycles. The lowest BCUT2D eigenvalue weighted by atomic mass is 10.0. The normalized spacial score (nSPS) is 12.0. The molecule has 242 valence electrons. The Morgan fingerprint density at radius 1 is 0.200 bits per heavy atom. The van der Waals surface area contributed by atoms with Crippen molar-refractivity contribution in [1.82, 2.24) is 0 Å². The third-order valence-corrected chi connectivity index (χ3v) is 9.69. The van der Waals surface area contributed by atoms with E-state index in [0.29, 0.717) is 0 Å². The second-order valence-electron chi connectivity index (χ2n) is 13.8. The molecule has 0 N–H and O–H groups in total. The average molecular weight is 565 g/mol. The van der Waals surface area contributed by atoms with Crippen LogP contribution in [0.2, 0.25) is 0 Å². The van der Waals surface area contributed by atoms with E-state index in [-0.39, 0.29) is 0 Å². The molecule has 0 saturated heterocycles. The first-order valence-corrected chi connectivity index (χ1v) is 19.6. The Labute approximate surface area is 257 Å². The highest BCUT2D eigenvalue weighted by atomic mass is 15.3. The summed E-state index contributed by atoms with van der Waals surface area (Å²) in [4.78, 5) is 0. The predicted molar refractivity (Wildman–Crippen MR) is 186 cm³/mol. The van der Waals surface area contributed by atoms with Gasteiger partial charge in [0.2, 0.25) is 0 Å². The summed E-state index contributed by atoms with van der Waals surface area (Å²) >= 11 is 0. The lowest BCUT2D eigenvalue weighted by Gasteiger charge is -2.39. The van der Waals surface area contributed by atoms with Crippen LogP contribution in [0.3, 0.4) is 0 Å². The highest BCUT2D eigenvalue weighted by Gasteiger charge is 2.25. The van der Waals surface area contributed by atoms with Crippen molar-refractivity contribution < 1.29 is 4.48 Å². The molecule has 0 saturated carbocycles. The van der Waals surface area contributed by atoms with Crippen molar-refractivity contribution in [2.24, 2.45) is 0 Å². The third kappa shape index (κ3) is 28.1. The molecule has 0 aromatic carbocycles. The van der Waals surface area contributed by atoms with Gasteiger partial charge in [-0.1, -0.05) is 195 Å². The van der Waals surface area contributed by atoms with Crippen molar-refractivity contribution in [2.75, 3.05) is 26.2 Å². The molecule has 0 aliphatic rings. The molecule has 0 fully saturated rings. The number of rotatable bonds is 35. The van der Waals surface area contributed by atoms with Crippen LogP contribution in [0.4, 0.5) is 0 Å². The quantitative estimate of drug-likeness (QED) is 0.0530. The Hall–Kier alpha value is -0.0400. The first-order valence-electron chi connectivity index (χ1n) is 19.6. The van der Waals surface area contributed by atoms with Crippen LogP contribution in [0.5, 0.6) is 0 Å². The number of quaternary nitrogens is 1. The minimum Gasteiger partial charge on any atom is -0.324 e. The molecule has 0 aromatic rings. The van der Waals surface area contributed by atoms with Crippen molar-refractivity contribution in [2.45, 2.75) is 227 Å². The lowest BCUT2D eigenvalue weighted by molar-refractivity contribution is -0.929. The molecule has 0 radical (unpaired) electrons. The zero-order valence-corrected chi connectivity index (χ0v) is 29.2. The minimum absolute atomic E-state index is 1.36. The molecular weight excluding hydrogens is 482 g/mol. The van der Waals surface area contributed by atoms with E-state index in [1.165, 1.54) is 230 Å². The van der Waals surface area contributed by atoms with Crippen LogP contribution >= 0.6 is 0 Å². The largest absolute Gasteiger partial charge is 0.324 e. The van der Waals surface area contributed by atoms with Gasteiger partial charge in [-0.3, -0.25) is 0 Å². The van der Waals surface area contributed by atoms with Gasteiger partial charge in [0.25, 0.3) is 0 Å². The van der Waals surface area contributed by atoms with E-state index >= 15 is 0 Å². The second kappa shape index (κ2) is 33.5. The molecule has 1 nitrogen and oxygen atoms in total. The average Bonchev–Trinajstić information content (AvgIpc) is 2.97. The first kappa shape index (κ1) is 40.0. The Kier molecular flexibility index (Phi) is 33.4. The first-order chi connectivity index (χ1) is 19.7. The van der Waals surface area contributed by atoms with Crippen molar-refractivity contribution in [3.8, 4) is 0 Å². The van der Waals surface area contributed by atoms with E-state index in [9.17, 15) is 0 Å². The van der Waals surface area contributed by atoms with Gasteiger partial charge in [0, 0.05) is 0 Å². The molecule has 0 atom stereocenters. The van der Waals surface area contributed by atoms with Gasteiger partial charge in [-0.05, 0) is 32.1 Å². The Balaban J connectivity index is 3.46. The van der Waals surface area contributed by atoms with Crippen molar-refractivity contribution in [3.63, 3.8) is 0 Å². The lowest BCUT2D eigenvalue weighted by Crippen LogP contribution is -2.50. The summed E-state index contributed by atoms with van der Waals surface area (Å²) in [5, 5.41) is 0. The Morgan fingerprint density at radius 3 is 0.600 bits per heavy atom. The molecular formula is C39H82N+. The van der Waals surface area contributed by atoms with E-state index in [0.717, 1.165) is 0 Å². The standard InChI is InChI=1S/C39H82N/c1-5-9-13-14-15-16-17-18-19-20-21-22-23-24-25-26-27-28-29-30-31-32-33-34-35-39-40(36-10-6-2,37-11-7-3)38-12-8-4/h5-39H2,1-4H3/q+1. The van der Waals surface area contributed by atoms with E-state index in [2.05, 4.69) is 27.7 Å². The van der Waals surface area contributed by atoms with Crippen LogP contribution in [-0.4, -0.2) is 30.7 Å². The van der Waals surface area contributed by atoms with E-state index in [1.54, 1.807) is 0 Å². The third-order valence-electron chi connectivity index (χ3n) is 9.69. The van der Waals surface area contributed by atoms with Gasteiger partial charge in [0.15, 0.2) is 0 Å². The van der Waals surface area contributed by atoms with Crippen LogP contribution in [0, 0.1) is 0 Å². The summed E-state index contributed by atoms with van der Waals surface area (Å²) in [7, 11) is 0. The molecule has 0 spiro atoms. The van der Waals surface area contributed by atoms with Crippen molar-refractivity contribution in [3.05, 3.63) is 0 Å². The molecule has 0 aromatic heterocycles. The molecule has 0 heterocycles. The number of hydrogen-bond donors (Lipinski definition) is 0. The second-order valence-corrected chi connectivity index (χ2v) is 13.8. The van der Waals surface area contributed by atoms with Crippen LogP contribution in [0.15, 0.2) is 0 Å². The van der Waals surface area contributed by atoms with E-state index in [1.807, 2.05) is 0 Å². The highest BCUT2D eigenvalue weighted by Crippen LogP contribution is 2.19. The smallest absolute Gasteiger partial charge is 0.0786 e. The number of hydrogen-bond acceptors (Lipinski definition) is 0. The van der Waals surface area contributed by atoms with E-state index < -0.39 is 0 Å². The Morgan fingerprint density at radius 2 is 0.375 bits per heavy atom. The van der Waals surface area contributed by atoms with Crippen LogP contribution in [0.1, 0.15) is 227 Å². The van der Waals surface area contributed by atoms with Gasteiger partial charge < -0.3 is 4.48 Å². The van der Waals surface area contributed by atoms with Crippen molar-refractivity contribution in [1.29, 1.82) is 0 Å². The van der Waals surface area contributed by atoms with Gasteiger partial charge in [-0.15, -0.1) is 0 Å². The molecule has 0 aliphatic carbocycles. The number of nitrogens with zero attached hydrogens (tertiary/aromatic N) is 1. The van der Waals surface area contributed by atoms with E-state index in [4.69, 9.17) is 0 Å². The fourth-order valence-electron chi connectivity index (χ4n) is 6.74. The SMILES string of the molecule is CCCCCCCCCCCCCCCCCCCCCCCCCCC[N+](CCCC)(CCCC)CCCC. The summed E-state index contributed by atoms with van der Waals surface area (Å²) in [6.07, 6.45) is 45.4. The van der Waals surface area contributed by atoms with Crippen LogP contribution in [0.25, 0.3) is 0 Å². The Bertz CT molecular complexity index is 422. The van der Waals surface area contributed by atoms with Gasteiger partial charge >= 0.3 is 0 Å². The van der Waals surface area contributed by atoms with Crippen LogP contribution < -0.4 is 0 Å². The maximum atomic E-state index is 2.37. The predicted octanol–water partition coefficient (Wildman–Crippen LogP) is 14.0. The molecule has 0 unspecified atom stereocenters. The molecule has 0 rings (SSSR count). The summed E-state index contributed by atoms with van der Waals surface area (Å²) < 4.78 is 1.44. The molecule has 0 amide bonds. The van der Waals surface area contributed by atoms with Crippen molar-refractivity contribution >= 4 is 0 Å². The molecule has 40 heavy (non-hydrogen) atoms. The van der Waals surface area contributed by atoms with Gasteiger partial charge in [-0.25, -0.2) is 0 Å². The van der Waals surface area contributed by atoms with Gasteiger partial charge in [0.1, 0.15) is 0 Å². The van der Waals surface area contributed by atoms with Crippen LogP contribution in [-0.2, 0) is 0 Å². The molecule has 1 heteroatoms. The molecule has 0 bridgehead atoms. The summed E-state index contributed by atoms with van der Waals surface area (Å²) in [5.41, 5.74) is 0. The minimum atomic E-state index is 1.36. The van der Waals surface area contributed by atoms with Gasteiger partial charge in [-0.2, -0.15) is 0 Å². The zero-order valence-electron chi connectivity index (χ0n) is 29.2. The summed E-state index contributed by atoms with van der Waals surface area (Å²) in [5.74, 6) is 0. The summed E-state index contributed by atoms with van der Waals surface area (Å²) in [6, 6.07) is 0. The monoisotopic (exact) mass is 565 g/mol. The zero-order chi connectivity index (χ0) is 29.2. The van der Waals surface area contributed by atoms with Gasteiger partial charge in [0.05, 0.1) is 26.2 Å². The summed E-state index contributed by atoms with van der Waals surface area (Å²) in [6.45, 7) is 15.2. The fourth-order valence-corrected chi connectivity index (χ4v) is 6.74. The maximum Gasteiger partial charge on any atom is 0.0786 e.